The highest BCUT2D eigenvalue weighted by molar-refractivity contribution is 5.92. The number of piperidine rings is 1. The molecule has 2 N–H and O–H groups in total. The van der Waals surface area contributed by atoms with Crippen molar-refractivity contribution in [2.75, 3.05) is 32.1 Å². The number of rotatable bonds is 6. The number of aromatic nitrogens is 3. The van der Waals surface area contributed by atoms with Gasteiger partial charge in [-0.1, -0.05) is 6.07 Å². The normalized spacial score (nSPS) is 14.8. The molecule has 27 heavy (non-hydrogen) atoms. The van der Waals surface area contributed by atoms with Crippen molar-refractivity contribution in [2.45, 2.75) is 25.4 Å². The average molecular weight is 372 g/mol. The van der Waals surface area contributed by atoms with Gasteiger partial charge in [0.2, 0.25) is 0 Å². The van der Waals surface area contributed by atoms with E-state index in [1.54, 1.807) is 53.5 Å². The van der Waals surface area contributed by atoms with Crippen LogP contribution in [0.15, 0.2) is 36.8 Å². The highest BCUT2D eigenvalue weighted by Gasteiger charge is 2.24. The molecule has 1 fully saturated rings. The Labute approximate surface area is 157 Å². The molecule has 3 heterocycles. The number of pyridine rings is 1. The molecular weight excluding hydrogens is 348 g/mol. The van der Waals surface area contributed by atoms with E-state index in [9.17, 15) is 9.59 Å². The molecule has 0 unspecified atom stereocenters. The monoisotopic (exact) mass is 372 g/mol. The number of likely N-dealkylation sites (tertiary alicyclic amines) is 1. The van der Waals surface area contributed by atoms with Gasteiger partial charge in [0.25, 0.3) is 5.91 Å². The summed E-state index contributed by atoms with van der Waals surface area (Å²) in [7, 11) is 1.63. The number of hydrogen-bond donors (Lipinski definition) is 2. The summed E-state index contributed by atoms with van der Waals surface area (Å²) in [5, 5.41) is 10.0. The Morgan fingerprint density at radius 2 is 2.11 bits per heavy atom. The van der Waals surface area contributed by atoms with Gasteiger partial charge in [0, 0.05) is 38.6 Å². The Balaban J connectivity index is 1.44. The number of carbonyl (C=O) groups excluding carboxylic acids is 2. The van der Waals surface area contributed by atoms with Crippen molar-refractivity contribution in [1.29, 1.82) is 0 Å². The Kier molecular flexibility index (Phi) is 6.37. The predicted molar refractivity (Wildman–Crippen MR) is 99.4 cm³/mol. The van der Waals surface area contributed by atoms with Gasteiger partial charge in [0.1, 0.15) is 5.69 Å². The predicted octanol–water partition coefficient (Wildman–Crippen LogP) is 1.35. The van der Waals surface area contributed by atoms with Crippen molar-refractivity contribution in [3.05, 3.63) is 42.5 Å². The van der Waals surface area contributed by atoms with Crippen LogP contribution in [-0.2, 0) is 11.3 Å². The number of anilines is 1. The lowest BCUT2D eigenvalue weighted by atomic mass is 10.1. The van der Waals surface area contributed by atoms with Gasteiger partial charge in [-0.05, 0) is 25.0 Å². The maximum Gasteiger partial charge on any atom is 0.321 e. The van der Waals surface area contributed by atoms with Crippen molar-refractivity contribution in [3.8, 4) is 0 Å². The summed E-state index contributed by atoms with van der Waals surface area (Å²) >= 11 is 0. The molecule has 9 heteroatoms. The minimum absolute atomic E-state index is 0.0420. The number of nitrogens with one attached hydrogen (secondary N) is 2. The molecular formula is C18H24N6O3. The third-order valence-electron chi connectivity index (χ3n) is 4.42. The second kappa shape index (κ2) is 9.13. The van der Waals surface area contributed by atoms with Crippen molar-refractivity contribution in [1.82, 2.24) is 25.0 Å². The topological polar surface area (TPSA) is 101 Å². The summed E-state index contributed by atoms with van der Waals surface area (Å²) in [4.78, 5) is 30.4. The Morgan fingerprint density at radius 1 is 1.30 bits per heavy atom. The van der Waals surface area contributed by atoms with Crippen molar-refractivity contribution in [2.24, 2.45) is 0 Å². The van der Waals surface area contributed by atoms with Crippen LogP contribution >= 0.6 is 0 Å². The quantitative estimate of drug-likeness (QED) is 0.797. The van der Waals surface area contributed by atoms with E-state index in [4.69, 9.17) is 4.74 Å². The minimum Gasteiger partial charge on any atom is -0.383 e. The standard InChI is InChI=1S/C18H24N6O3/c1-27-11-10-24-13-15(12-20-24)22-18(26)23-8-5-14(6-9-23)21-17(25)16-4-2-3-7-19-16/h2-4,7,12-14H,5-6,8-11H2,1H3,(H,21,25)(H,22,26). The van der Waals surface area contributed by atoms with Crippen molar-refractivity contribution >= 4 is 17.6 Å². The van der Waals surface area contributed by atoms with Gasteiger partial charge < -0.3 is 20.3 Å². The molecule has 3 amide bonds. The summed E-state index contributed by atoms with van der Waals surface area (Å²) in [6.45, 7) is 2.36. The second-order valence-corrected chi connectivity index (χ2v) is 6.36. The number of nitrogens with zero attached hydrogens (tertiary/aromatic N) is 4. The molecule has 3 rings (SSSR count). The zero-order valence-corrected chi connectivity index (χ0v) is 15.3. The van der Waals surface area contributed by atoms with Crippen molar-refractivity contribution in [3.63, 3.8) is 0 Å². The molecule has 1 aliphatic rings. The Hall–Kier alpha value is -2.94. The first kappa shape index (κ1) is 18.8. The van der Waals surface area contributed by atoms with Crippen LogP contribution in [0.3, 0.4) is 0 Å². The summed E-state index contributed by atoms with van der Waals surface area (Å²) in [6, 6.07) is 5.13. The molecule has 0 saturated carbocycles. The molecule has 0 spiro atoms. The molecule has 144 valence electrons. The molecule has 2 aromatic rings. The van der Waals surface area contributed by atoms with Gasteiger partial charge in [0.15, 0.2) is 0 Å². The van der Waals surface area contributed by atoms with E-state index in [0.29, 0.717) is 50.5 Å². The van der Waals surface area contributed by atoms with Crippen LogP contribution in [0.2, 0.25) is 0 Å². The van der Waals surface area contributed by atoms with Gasteiger partial charge in [-0.25, -0.2) is 4.79 Å². The number of carbonyl (C=O) groups is 2. The smallest absolute Gasteiger partial charge is 0.321 e. The molecule has 1 saturated heterocycles. The van der Waals surface area contributed by atoms with Crippen LogP contribution in [0.5, 0.6) is 0 Å². The van der Waals surface area contributed by atoms with E-state index < -0.39 is 0 Å². The first-order chi connectivity index (χ1) is 13.2. The van der Waals surface area contributed by atoms with Crippen LogP contribution in [0.1, 0.15) is 23.3 Å². The average Bonchev–Trinajstić information content (AvgIpc) is 3.14. The van der Waals surface area contributed by atoms with Gasteiger partial charge in [-0.15, -0.1) is 0 Å². The molecule has 0 atom stereocenters. The fourth-order valence-corrected chi connectivity index (χ4v) is 2.92. The van der Waals surface area contributed by atoms with Gasteiger partial charge in [-0.3, -0.25) is 14.5 Å². The maximum absolute atomic E-state index is 12.4. The Morgan fingerprint density at radius 3 is 2.81 bits per heavy atom. The largest absolute Gasteiger partial charge is 0.383 e. The lowest BCUT2D eigenvalue weighted by Crippen LogP contribution is -2.47. The van der Waals surface area contributed by atoms with E-state index in [-0.39, 0.29) is 18.0 Å². The first-order valence-corrected chi connectivity index (χ1v) is 8.95. The zero-order valence-electron chi connectivity index (χ0n) is 15.3. The lowest BCUT2D eigenvalue weighted by molar-refractivity contribution is 0.0914. The lowest BCUT2D eigenvalue weighted by Gasteiger charge is -2.32. The van der Waals surface area contributed by atoms with E-state index in [1.165, 1.54) is 0 Å². The number of hydrogen-bond acceptors (Lipinski definition) is 5. The molecule has 2 aromatic heterocycles. The van der Waals surface area contributed by atoms with E-state index in [2.05, 4.69) is 20.7 Å². The molecule has 1 aliphatic heterocycles. The molecule has 0 radical (unpaired) electrons. The summed E-state index contributed by atoms with van der Waals surface area (Å²) in [5.74, 6) is -0.179. The van der Waals surface area contributed by atoms with Crippen LogP contribution < -0.4 is 10.6 Å². The maximum atomic E-state index is 12.4. The number of methoxy groups -OCH3 is 1. The van der Waals surface area contributed by atoms with Gasteiger partial charge >= 0.3 is 6.03 Å². The third kappa shape index (κ3) is 5.27. The molecule has 0 aromatic carbocycles. The van der Waals surface area contributed by atoms with Crippen LogP contribution in [0, 0.1) is 0 Å². The first-order valence-electron chi connectivity index (χ1n) is 8.95. The summed E-state index contributed by atoms with van der Waals surface area (Å²) in [5.41, 5.74) is 1.06. The molecule has 0 aliphatic carbocycles. The summed E-state index contributed by atoms with van der Waals surface area (Å²) < 4.78 is 6.73. The van der Waals surface area contributed by atoms with E-state index >= 15 is 0 Å². The number of urea groups is 1. The summed E-state index contributed by atoms with van der Waals surface area (Å²) in [6.07, 6.45) is 6.40. The van der Waals surface area contributed by atoms with Crippen molar-refractivity contribution < 1.29 is 14.3 Å². The third-order valence-corrected chi connectivity index (χ3v) is 4.42. The SMILES string of the molecule is COCCn1cc(NC(=O)N2CCC(NC(=O)c3ccccn3)CC2)cn1. The molecule has 0 bridgehead atoms. The van der Waals surface area contributed by atoms with Crippen LogP contribution in [0.25, 0.3) is 0 Å². The fourth-order valence-electron chi connectivity index (χ4n) is 2.92. The fraction of sp³-hybridized carbons (Fsp3) is 0.444. The zero-order chi connectivity index (χ0) is 19.1. The Bertz CT molecular complexity index is 755. The second-order valence-electron chi connectivity index (χ2n) is 6.36. The van der Waals surface area contributed by atoms with E-state index in [0.717, 1.165) is 0 Å². The minimum atomic E-state index is -0.179. The van der Waals surface area contributed by atoms with Gasteiger partial charge in [-0.2, -0.15) is 5.10 Å². The van der Waals surface area contributed by atoms with E-state index in [1.807, 2.05) is 0 Å². The van der Waals surface area contributed by atoms with Crippen LogP contribution in [0.4, 0.5) is 10.5 Å². The highest BCUT2D eigenvalue weighted by atomic mass is 16.5. The van der Waals surface area contributed by atoms with Crippen LogP contribution in [-0.4, -0.2) is 64.5 Å². The number of ether oxygens (including phenoxy) is 1. The number of amides is 3. The highest BCUT2D eigenvalue weighted by Crippen LogP contribution is 2.13. The molecule has 9 nitrogen and oxygen atoms in total. The van der Waals surface area contributed by atoms with Gasteiger partial charge in [0.05, 0.1) is 25.0 Å².